The summed E-state index contributed by atoms with van der Waals surface area (Å²) in [6.45, 7) is 2.37. The zero-order chi connectivity index (χ0) is 17.8. The Morgan fingerprint density at radius 2 is 2.08 bits per heavy atom. The fourth-order valence-corrected chi connectivity index (χ4v) is 2.23. The standard InChI is InChI=1S/C16H15F2N5O2/c1-2-25-16-6-5-13-20-21-14(23(13)22-16)9-19-15(24)7-10-3-4-11(17)8-12(10)18/h3-6,8H,2,7,9H2,1H3,(H,19,24). The Kier molecular flexibility index (Phi) is 4.82. The lowest BCUT2D eigenvalue weighted by Crippen LogP contribution is -2.26. The highest BCUT2D eigenvalue weighted by molar-refractivity contribution is 5.78. The van der Waals surface area contributed by atoms with Gasteiger partial charge in [-0.2, -0.15) is 4.52 Å². The molecule has 0 aliphatic rings. The first kappa shape index (κ1) is 16.7. The zero-order valence-electron chi connectivity index (χ0n) is 13.4. The maximum Gasteiger partial charge on any atom is 0.231 e. The predicted molar refractivity (Wildman–Crippen MR) is 83.9 cm³/mol. The number of nitrogens with zero attached hydrogens (tertiary/aromatic N) is 4. The molecular weight excluding hydrogens is 332 g/mol. The number of ether oxygens (including phenoxy) is 1. The molecule has 0 bridgehead atoms. The maximum atomic E-state index is 13.6. The zero-order valence-corrected chi connectivity index (χ0v) is 13.4. The molecule has 130 valence electrons. The van der Waals surface area contributed by atoms with Gasteiger partial charge in [0, 0.05) is 12.1 Å². The van der Waals surface area contributed by atoms with Crippen LogP contribution in [0.2, 0.25) is 0 Å². The molecular formula is C16H15F2N5O2. The fraction of sp³-hybridized carbons (Fsp3) is 0.250. The molecule has 3 aromatic rings. The summed E-state index contributed by atoms with van der Waals surface area (Å²) in [6.07, 6.45) is -0.208. The maximum absolute atomic E-state index is 13.6. The summed E-state index contributed by atoms with van der Waals surface area (Å²) in [5.41, 5.74) is 0.624. The van der Waals surface area contributed by atoms with E-state index < -0.39 is 17.5 Å². The Bertz CT molecular complexity index is 913. The Balaban J connectivity index is 1.67. The first-order chi connectivity index (χ1) is 12.1. The van der Waals surface area contributed by atoms with Gasteiger partial charge in [0.25, 0.3) is 0 Å². The first-order valence-corrected chi connectivity index (χ1v) is 7.61. The van der Waals surface area contributed by atoms with E-state index >= 15 is 0 Å². The van der Waals surface area contributed by atoms with Gasteiger partial charge >= 0.3 is 0 Å². The molecule has 0 radical (unpaired) electrons. The second-order valence-electron chi connectivity index (χ2n) is 5.18. The number of hydrogen-bond donors (Lipinski definition) is 1. The normalized spacial score (nSPS) is 10.8. The van der Waals surface area contributed by atoms with E-state index in [1.807, 2.05) is 6.92 Å². The van der Waals surface area contributed by atoms with Crippen LogP contribution < -0.4 is 10.1 Å². The monoisotopic (exact) mass is 347 g/mol. The second-order valence-corrected chi connectivity index (χ2v) is 5.18. The molecule has 0 aliphatic heterocycles. The average Bonchev–Trinajstić information content (AvgIpc) is 2.98. The molecule has 1 amide bonds. The van der Waals surface area contributed by atoms with Crippen LogP contribution >= 0.6 is 0 Å². The van der Waals surface area contributed by atoms with E-state index in [9.17, 15) is 13.6 Å². The molecule has 0 saturated carbocycles. The number of nitrogens with one attached hydrogen (secondary N) is 1. The summed E-state index contributed by atoms with van der Waals surface area (Å²) in [5.74, 6) is -1.05. The van der Waals surface area contributed by atoms with E-state index in [0.717, 1.165) is 12.1 Å². The molecule has 0 fully saturated rings. The Morgan fingerprint density at radius 3 is 2.84 bits per heavy atom. The van der Waals surface area contributed by atoms with E-state index in [1.165, 1.54) is 10.6 Å². The van der Waals surface area contributed by atoms with Crippen LogP contribution in [0.1, 0.15) is 18.3 Å². The average molecular weight is 347 g/mol. The Hall–Kier alpha value is -3.10. The summed E-state index contributed by atoms with van der Waals surface area (Å²) in [6, 6.07) is 6.47. The van der Waals surface area contributed by atoms with Crippen molar-refractivity contribution in [1.82, 2.24) is 25.1 Å². The quantitative estimate of drug-likeness (QED) is 0.733. The molecule has 7 nitrogen and oxygen atoms in total. The number of carbonyl (C=O) groups excluding carboxylic acids is 1. The molecule has 3 rings (SSSR count). The van der Waals surface area contributed by atoms with Crippen molar-refractivity contribution in [2.24, 2.45) is 0 Å². The van der Waals surface area contributed by atoms with Gasteiger partial charge in [0.05, 0.1) is 19.6 Å². The van der Waals surface area contributed by atoms with Gasteiger partial charge in [0.15, 0.2) is 11.5 Å². The molecule has 25 heavy (non-hydrogen) atoms. The number of aromatic nitrogens is 4. The van der Waals surface area contributed by atoms with Gasteiger partial charge < -0.3 is 10.1 Å². The third-order valence-electron chi connectivity index (χ3n) is 3.40. The SMILES string of the molecule is CCOc1ccc2nnc(CNC(=O)Cc3ccc(F)cc3F)n2n1. The van der Waals surface area contributed by atoms with Gasteiger partial charge in [-0.05, 0) is 24.6 Å². The van der Waals surface area contributed by atoms with Crippen molar-refractivity contribution in [3.8, 4) is 5.88 Å². The molecule has 1 aromatic carbocycles. The molecule has 9 heteroatoms. The third kappa shape index (κ3) is 3.87. The lowest BCUT2D eigenvalue weighted by atomic mass is 10.1. The van der Waals surface area contributed by atoms with Crippen LogP contribution in [0.5, 0.6) is 5.88 Å². The number of halogens is 2. The topological polar surface area (TPSA) is 81.4 Å². The Morgan fingerprint density at radius 1 is 1.24 bits per heavy atom. The number of amides is 1. The van der Waals surface area contributed by atoms with E-state index in [1.54, 1.807) is 12.1 Å². The molecule has 0 saturated heterocycles. The van der Waals surface area contributed by atoms with Crippen molar-refractivity contribution in [3.05, 3.63) is 53.4 Å². The third-order valence-corrected chi connectivity index (χ3v) is 3.40. The van der Waals surface area contributed by atoms with Crippen LogP contribution in [0.3, 0.4) is 0 Å². The molecule has 0 aliphatic carbocycles. The van der Waals surface area contributed by atoms with Gasteiger partial charge in [0.2, 0.25) is 11.8 Å². The predicted octanol–water partition coefficient (Wildman–Crippen LogP) is 1.66. The molecule has 1 N–H and O–H groups in total. The first-order valence-electron chi connectivity index (χ1n) is 7.61. The highest BCUT2D eigenvalue weighted by Gasteiger charge is 2.12. The Labute approximate surface area is 141 Å². The smallest absolute Gasteiger partial charge is 0.231 e. The number of hydrogen-bond acceptors (Lipinski definition) is 5. The van der Waals surface area contributed by atoms with Crippen molar-refractivity contribution in [1.29, 1.82) is 0 Å². The van der Waals surface area contributed by atoms with Crippen molar-refractivity contribution in [2.45, 2.75) is 19.9 Å². The summed E-state index contributed by atoms with van der Waals surface area (Å²) in [5, 5.41) is 14.8. The van der Waals surface area contributed by atoms with Crippen molar-refractivity contribution in [2.75, 3.05) is 6.61 Å². The van der Waals surface area contributed by atoms with E-state index in [4.69, 9.17) is 4.74 Å². The number of benzene rings is 1. The second kappa shape index (κ2) is 7.20. The van der Waals surface area contributed by atoms with Crippen LogP contribution in [0.4, 0.5) is 8.78 Å². The molecule has 0 spiro atoms. The van der Waals surface area contributed by atoms with Crippen molar-refractivity contribution in [3.63, 3.8) is 0 Å². The van der Waals surface area contributed by atoms with Crippen LogP contribution in [0.25, 0.3) is 5.65 Å². The minimum atomic E-state index is -0.758. The van der Waals surface area contributed by atoms with Gasteiger partial charge in [-0.1, -0.05) is 6.07 Å². The number of rotatable bonds is 6. The summed E-state index contributed by atoms with van der Waals surface area (Å²) < 4.78 is 33.2. The van der Waals surface area contributed by atoms with Crippen molar-refractivity contribution >= 4 is 11.6 Å². The van der Waals surface area contributed by atoms with Crippen molar-refractivity contribution < 1.29 is 18.3 Å². The van der Waals surface area contributed by atoms with Crippen LogP contribution in [-0.4, -0.2) is 32.3 Å². The van der Waals surface area contributed by atoms with E-state index in [-0.39, 0.29) is 18.5 Å². The fourth-order valence-electron chi connectivity index (χ4n) is 2.23. The highest BCUT2D eigenvalue weighted by Crippen LogP contribution is 2.11. The summed E-state index contributed by atoms with van der Waals surface area (Å²) in [4.78, 5) is 12.0. The van der Waals surface area contributed by atoms with Gasteiger partial charge in [-0.15, -0.1) is 15.3 Å². The van der Waals surface area contributed by atoms with E-state index in [2.05, 4.69) is 20.6 Å². The molecule has 0 unspecified atom stereocenters. The molecule has 2 aromatic heterocycles. The lowest BCUT2D eigenvalue weighted by molar-refractivity contribution is -0.120. The summed E-state index contributed by atoms with van der Waals surface area (Å²) >= 11 is 0. The van der Waals surface area contributed by atoms with E-state index in [0.29, 0.717) is 24.0 Å². The van der Waals surface area contributed by atoms with Gasteiger partial charge in [0.1, 0.15) is 11.6 Å². The minimum Gasteiger partial charge on any atom is -0.477 e. The number of fused-ring (bicyclic) bond motifs is 1. The van der Waals surface area contributed by atoms with Gasteiger partial charge in [-0.3, -0.25) is 4.79 Å². The van der Waals surface area contributed by atoms with Crippen LogP contribution in [0.15, 0.2) is 30.3 Å². The summed E-state index contributed by atoms with van der Waals surface area (Å²) in [7, 11) is 0. The molecule has 0 atom stereocenters. The van der Waals surface area contributed by atoms with Crippen LogP contribution in [0, 0.1) is 11.6 Å². The minimum absolute atomic E-state index is 0.0609. The van der Waals surface area contributed by atoms with Gasteiger partial charge in [-0.25, -0.2) is 8.78 Å². The molecule has 2 heterocycles. The highest BCUT2D eigenvalue weighted by atomic mass is 19.1. The lowest BCUT2D eigenvalue weighted by Gasteiger charge is -2.06. The largest absolute Gasteiger partial charge is 0.477 e. The van der Waals surface area contributed by atoms with Crippen LogP contribution in [-0.2, 0) is 17.8 Å². The number of carbonyl (C=O) groups is 1.